The van der Waals surface area contributed by atoms with E-state index in [1.54, 1.807) is 6.08 Å². The first-order valence-electron chi connectivity index (χ1n) is 28.8. The van der Waals surface area contributed by atoms with Crippen molar-refractivity contribution >= 4 is 25.7 Å². The van der Waals surface area contributed by atoms with Crippen molar-refractivity contribution in [2.24, 2.45) is 0 Å². The van der Waals surface area contributed by atoms with E-state index >= 15 is 0 Å². The second-order valence-electron chi connectivity index (χ2n) is 18.7. The molecule has 12 heteroatoms. The molecule has 0 saturated heterocycles. The molecule has 0 heterocycles. The van der Waals surface area contributed by atoms with E-state index in [1.165, 1.54) is 51.4 Å². The van der Waals surface area contributed by atoms with Crippen LogP contribution in [0.3, 0.4) is 0 Å². The van der Waals surface area contributed by atoms with E-state index in [0.717, 1.165) is 116 Å². The van der Waals surface area contributed by atoms with Gasteiger partial charge in [-0.15, -0.1) is 0 Å². The first-order valence-corrected chi connectivity index (χ1v) is 30.3. The van der Waals surface area contributed by atoms with Gasteiger partial charge in [-0.05, 0) is 103 Å². The molecule has 0 fully saturated rings. The molecule has 422 valence electrons. The largest absolute Gasteiger partial charge is 0.472 e. The number of rotatable bonds is 52. The highest BCUT2D eigenvalue weighted by molar-refractivity contribution is 7.47. The molecule has 0 aliphatic carbocycles. The number of carbonyl (C=O) groups is 3. The van der Waals surface area contributed by atoms with Gasteiger partial charge in [0, 0.05) is 12.8 Å². The summed E-state index contributed by atoms with van der Waals surface area (Å²) in [5, 5.41) is 9.81. The molecule has 0 aliphatic heterocycles. The fraction of sp³-hybridized carbons (Fsp3) is 0.661. The summed E-state index contributed by atoms with van der Waals surface area (Å²) in [5.74, 6) is -1.65. The molecule has 0 amide bonds. The van der Waals surface area contributed by atoms with Crippen LogP contribution in [0.4, 0.5) is 0 Å². The fourth-order valence-corrected chi connectivity index (χ4v) is 8.17. The fourth-order valence-electron chi connectivity index (χ4n) is 7.38. The molecule has 0 bridgehead atoms. The molecule has 0 saturated carbocycles. The molecule has 0 aromatic rings. The van der Waals surface area contributed by atoms with Crippen LogP contribution in [0.2, 0.25) is 0 Å². The smallest absolute Gasteiger partial charge is 0.462 e. The van der Waals surface area contributed by atoms with Crippen molar-refractivity contribution in [2.75, 3.05) is 26.4 Å². The first kappa shape index (κ1) is 70.1. The Kier molecular flexibility index (Phi) is 52.5. The maximum absolute atomic E-state index is 12.9. The maximum atomic E-state index is 12.9. The minimum atomic E-state index is -4.78. The Morgan fingerprint density at radius 1 is 0.405 bits per heavy atom. The third-order valence-electron chi connectivity index (χ3n) is 11.7. The zero-order valence-electron chi connectivity index (χ0n) is 46.5. The lowest BCUT2D eigenvalue weighted by Crippen LogP contribution is -2.30. The summed E-state index contributed by atoms with van der Waals surface area (Å²) >= 11 is 0. The van der Waals surface area contributed by atoms with Gasteiger partial charge in [0.15, 0.2) is 6.10 Å². The van der Waals surface area contributed by atoms with E-state index < -0.39 is 57.8 Å². The van der Waals surface area contributed by atoms with Crippen LogP contribution in [-0.2, 0) is 42.2 Å². The summed E-state index contributed by atoms with van der Waals surface area (Å²) in [6.07, 6.45) is 66.5. The highest BCUT2D eigenvalue weighted by atomic mass is 31.2. The summed E-state index contributed by atoms with van der Waals surface area (Å²) in [4.78, 5) is 48.5. The highest BCUT2D eigenvalue weighted by Crippen LogP contribution is 2.43. The van der Waals surface area contributed by atoms with Crippen LogP contribution in [0.1, 0.15) is 226 Å². The van der Waals surface area contributed by atoms with Crippen molar-refractivity contribution in [1.82, 2.24) is 0 Å². The van der Waals surface area contributed by atoms with Gasteiger partial charge in [-0.3, -0.25) is 23.4 Å². The topological polar surface area (TPSA) is 155 Å². The third kappa shape index (κ3) is 53.0. The molecule has 0 spiro atoms. The number of allylic oxidation sites excluding steroid dienone is 17. The van der Waals surface area contributed by atoms with E-state index in [9.17, 15) is 28.9 Å². The number of ether oxygens (including phenoxy) is 3. The Hall–Kier alpha value is -3.86. The molecule has 74 heavy (non-hydrogen) atoms. The number of aliphatic hydroxyl groups is 1. The normalized spacial score (nSPS) is 14.2. The van der Waals surface area contributed by atoms with Crippen LogP contribution in [-0.4, -0.2) is 66.5 Å². The Balaban J connectivity index is 4.84. The molecule has 0 aliphatic rings. The molecule has 0 radical (unpaired) electrons. The van der Waals surface area contributed by atoms with Gasteiger partial charge in [0.25, 0.3) is 0 Å². The van der Waals surface area contributed by atoms with Gasteiger partial charge in [-0.2, -0.15) is 0 Å². The summed E-state index contributed by atoms with van der Waals surface area (Å²) < 4.78 is 39.4. The van der Waals surface area contributed by atoms with Gasteiger partial charge in [0.1, 0.15) is 12.7 Å². The Morgan fingerprint density at radius 3 is 1.20 bits per heavy atom. The predicted octanol–water partition coefficient (Wildman–Crippen LogP) is 17.0. The average Bonchev–Trinajstić information content (AvgIpc) is 3.39. The number of esters is 3. The van der Waals surface area contributed by atoms with Gasteiger partial charge in [-0.25, -0.2) is 4.57 Å². The number of carbonyl (C=O) groups excluding carboxylic acids is 3. The van der Waals surface area contributed by atoms with Gasteiger partial charge < -0.3 is 24.2 Å². The number of hydrogen-bond acceptors (Lipinski definition) is 10. The van der Waals surface area contributed by atoms with Gasteiger partial charge in [0.2, 0.25) is 0 Å². The molecule has 0 aromatic heterocycles. The standard InChI is InChI=1S/C62H103O11P/c1-4-7-10-13-16-19-22-25-28-29-32-33-36-39-42-45-48-51-60(64)69-55-59(73-62(66)53-50-47-44-41-38-35-31-27-24-21-18-15-12-9-6-3)57-71-74(67,68)70-56-58(54-63)72-61(65)52-49-46-43-40-37-34-30-26-23-20-17-14-11-8-5-2/h7,9-10,12,16,18-19,21,25-28,30-31,38,41,47,50,58-59,63H,4-6,8,11,13-15,17,20,22-24,29,32-37,39-40,42-46,48-49,51-57H2,1-3H3,(H,67,68)/b10-7-,12-9-,19-16-,21-18-,28-25-,30-26-,31-27-,41-38-,50-47-. The monoisotopic (exact) mass is 1050 g/mol. The number of unbranched alkanes of at least 4 members (excludes halogenated alkanes) is 18. The van der Waals surface area contributed by atoms with Gasteiger partial charge in [0.05, 0.1) is 26.2 Å². The predicted molar refractivity (Wildman–Crippen MR) is 307 cm³/mol. The molecule has 3 atom stereocenters. The molecular weight excluding hydrogens is 952 g/mol. The van der Waals surface area contributed by atoms with E-state index in [1.807, 2.05) is 18.2 Å². The van der Waals surface area contributed by atoms with E-state index in [-0.39, 0.29) is 25.9 Å². The Bertz CT molecular complexity index is 1660. The van der Waals surface area contributed by atoms with Crippen LogP contribution in [0.15, 0.2) is 109 Å². The number of phosphoric ester groups is 1. The second-order valence-corrected chi connectivity index (χ2v) is 20.2. The summed E-state index contributed by atoms with van der Waals surface area (Å²) in [7, 11) is -4.78. The van der Waals surface area contributed by atoms with E-state index in [2.05, 4.69) is 106 Å². The van der Waals surface area contributed by atoms with Crippen LogP contribution >= 0.6 is 7.82 Å². The number of aliphatic hydroxyl groups excluding tert-OH is 1. The van der Waals surface area contributed by atoms with Gasteiger partial charge in [-0.1, -0.05) is 214 Å². The molecule has 2 N–H and O–H groups in total. The van der Waals surface area contributed by atoms with Crippen molar-refractivity contribution in [3.05, 3.63) is 109 Å². The first-order chi connectivity index (χ1) is 36.2. The quantitative estimate of drug-likeness (QED) is 0.0197. The molecular formula is C62H103O11P. The molecule has 11 nitrogen and oxygen atoms in total. The van der Waals surface area contributed by atoms with E-state index in [0.29, 0.717) is 19.3 Å². The summed E-state index contributed by atoms with van der Waals surface area (Å²) in [5.41, 5.74) is 0. The van der Waals surface area contributed by atoms with Crippen molar-refractivity contribution < 1.29 is 52.2 Å². The second kappa shape index (κ2) is 55.4. The lowest BCUT2D eigenvalue weighted by molar-refractivity contribution is -0.160. The third-order valence-corrected chi connectivity index (χ3v) is 12.6. The molecule has 0 rings (SSSR count). The van der Waals surface area contributed by atoms with Crippen LogP contribution in [0.5, 0.6) is 0 Å². The van der Waals surface area contributed by atoms with E-state index in [4.69, 9.17) is 23.3 Å². The zero-order chi connectivity index (χ0) is 54.1. The Labute approximate surface area is 450 Å². The van der Waals surface area contributed by atoms with Crippen molar-refractivity contribution in [3.8, 4) is 0 Å². The number of hydrogen-bond donors (Lipinski definition) is 2. The van der Waals surface area contributed by atoms with Gasteiger partial charge >= 0.3 is 25.7 Å². The van der Waals surface area contributed by atoms with Crippen LogP contribution in [0.25, 0.3) is 0 Å². The Morgan fingerprint density at radius 2 is 0.757 bits per heavy atom. The van der Waals surface area contributed by atoms with Crippen molar-refractivity contribution in [2.45, 2.75) is 238 Å². The summed E-state index contributed by atoms with van der Waals surface area (Å²) in [6, 6.07) is 0. The van der Waals surface area contributed by atoms with Crippen molar-refractivity contribution in [3.63, 3.8) is 0 Å². The zero-order valence-corrected chi connectivity index (χ0v) is 47.4. The SMILES string of the molecule is CC/C=C\C/C=C\C/C=C\C/C=C\C/C=C\CC(=O)OC(COC(=O)CCCCCCCCC/C=C\C/C=C\C/C=C\CC)COP(=O)(O)OCC(CO)OC(=O)CCCCCCC/C=C\CCCCCCCC. The molecule has 3 unspecified atom stereocenters. The summed E-state index contributed by atoms with van der Waals surface area (Å²) in [6.45, 7) is 4.28. The minimum absolute atomic E-state index is 0.0719. The lowest BCUT2D eigenvalue weighted by Gasteiger charge is -2.21. The maximum Gasteiger partial charge on any atom is 0.472 e. The van der Waals surface area contributed by atoms with Crippen LogP contribution in [0, 0.1) is 0 Å². The minimum Gasteiger partial charge on any atom is -0.462 e. The number of phosphoric acid groups is 1. The van der Waals surface area contributed by atoms with Crippen LogP contribution < -0.4 is 0 Å². The average molecular weight is 1060 g/mol. The van der Waals surface area contributed by atoms with Crippen molar-refractivity contribution in [1.29, 1.82) is 0 Å². The highest BCUT2D eigenvalue weighted by Gasteiger charge is 2.28. The molecule has 0 aromatic carbocycles. The lowest BCUT2D eigenvalue weighted by atomic mass is 10.1.